The summed E-state index contributed by atoms with van der Waals surface area (Å²) in [6.45, 7) is 0. The monoisotopic (exact) mass is 137 g/mol. The van der Waals surface area contributed by atoms with Gasteiger partial charge in [-0.25, -0.2) is 0 Å². The molecule has 2 rings (SSSR count). The first kappa shape index (κ1) is 7.64. The minimum atomic E-state index is 0. The number of hydrogen-bond acceptors (Lipinski definition) is 2. The van der Waals surface area contributed by atoms with Gasteiger partial charge in [-0.2, -0.15) is 0 Å². The summed E-state index contributed by atoms with van der Waals surface area (Å²) < 4.78 is 5.05. The molecule has 3 heteroatoms. The van der Waals surface area contributed by atoms with Crippen LogP contribution in [0, 0.1) is 5.92 Å². The zero-order valence-corrected chi connectivity index (χ0v) is 5.88. The van der Waals surface area contributed by atoms with Crippen molar-refractivity contribution < 1.29 is 9.53 Å². The van der Waals surface area contributed by atoms with E-state index in [4.69, 9.17) is 4.74 Å². The van der Waals surface area contributed by atoms with Gasteiger partial charge in [0, 0.05) is 14.3 Å². The highest BCUT2D eigenvalue weighted by Crippen LogP contribution is 2.35. The van der Waals surface area contributed by atoms with E-state index < -0.39 is 0 Å². The molecule has 0 aromatic carbocycles. The van der Waals surface area contributed by atoms with Gasteiger partial charge in [-0.3, -0.25) is 4.79 Å². The molecule has 0 bridgehead atoms. The quantitative estimate of drug-likeness (QED) is 0.363. The number of ether oxygens (including phenoxy) is 1. The highest BCUT2D eigenvalue weighted by atomic mass is 16.5. The third-order valence-electron chi connectivity index (χ3n) is 2.30. The van der Waals surface area contributed by atoms with E-state index in [-0.39, 0.29) is 14.4 Å². The van der Waals surface area contributed by atoms with E-state index in [1.807, 2.05) is 0 Å². The van der Waals surface area contributed by atoms with Crippen molar-refractivity contribution in [3.63, 3.8) is 0 Å². The Morgan fingerprint density at radius 3 is 2.90 bits per heavy atom. The van der Waals surface area contributed by atoms with Gasteiger partial charge >= 0.3 is 5.97 Å². The normalized spacial score (nSPS) is 36.6. The summed E-state index contributed by atoms with van der Waals surface area (Å²) in [7, 11) is 0. The van der Waals surface area contributed by atoms with E-state index in [0.29, 0.717) is 18.4 Å². The molecule has 1 aliphatic heterocycles. The Labute approximate surface area is 62.5 Å². The number of rotatable bonds is 0. The summed E-state index contributed by atoms with van der Waals surface area (Å²) in [6, 6.07) is 0. The molecule has 0 aromatic heterocycles. The second kappa shape index (κ2) is 2.65. The van der Waals surface area contributed by atoms with Gasteiger partial charge in [0.25, 0.3) is 0 Å². The Kier molecular flexibility index (Phi) is 2.02. The molecule has 1 saturated carbocycles. The lowest BCUT2D eigenvalue weighted by Crippen LogP contribution is -2.06. The Balaban J connectivity index is 0.000000500. The average molecular weight is 137 g/mol. The van der Waals surface area contributed by atoms with Gasteiger partial charge < -0.3 is 4.74 Å². The Morgan fingerprint density at radius 2 is 2.20 bits per heavy atom. The molecule has 1 heterocycles. The maximum absolute atomic E-state index is 10.6. The summed E-state index contributed by atoms with van der Waals surface area (Å²) in [5.41, 5.74) is 0. The van der Waals surface area contributed by atoms with Crippen LogP contribution >= 0.6 is 0 Å². The van der Waals surface area contributed by atoms with Crippen LogP contribution in [0.1, 0.15) is 25.7 Å². The number of hydrogen-bond donors (Lipinski definition) is 0. The van der Waals surface area contributed by atoms with Crippen LogP contribution in [0.5, 0.6) is 0 Å². The van der Waals surface area contributed by atoms with Crippen molar-refractivity contribution in [2.45, 2.75) is 31.8 Å². The van der Waals surface area contributed by atoms with E-state index in [2.05, 4.69) is 0 Å². The molecule has 10 heavy (non-hydrogen) atoms. The molecular weight excluding hydrogens is 127 g/mol. The Hall–Kier alpha value is -0.465. The fourth-order valence-electron chi connectivity index (χ4n) is 1.82. The largest absolute Gasteiger partial charge is 0.462 e. The summed E-state index contributed by atoms with van der Waals surface area (Å²) in [5.74, 6) is 0.599. The van der Waals surface area contributed by atoms with Gasteiger partial charge in [0.2, 0.25) is 0 Å². The maximum atomic E-state index is 10.6. The fourth-order valence-corrected chi connectivity index (χ4v) is 1.82. The van der Waals surface area contributed by atoms with Crippen molar-refractivity contribution in [2.75, 3.05) is 0 Å². The molecule has 2 atom stereocenters. The standard InChI is InChI=1S/C7H10O2.B/c8-7-4-5-2-1-3-6(5)9-7;/h5-6H,1-4H2;. The van der Waals surface area contributed by atoms with Crippen molar-refractivity contribution in [1.29, 1.82) is 0 Å². The van der Waals surface area contributed by atoms with Crippen molar-refractivity contribution >= 4 is 14.4 Å². The first-order chi connectivity index (χ1) is 4.36. The van der Waals surface area contributed by atoms with Gasteiger partial charge in [-0.15, -0.1) is 0 Å². The van der Waals surface area contributed by atoms with Crippen molar-refractivity contribution in [2.24, 2.45) is 5.92 Å². The summed E-state index contributed by atoms with van der Waals surface area (Å²) >= 11 is 0. The molecule has 2 unspecified atom stereocenters. The molecule has 1 saturated heterocycles. The zero-order valence-electron chi connectivity index (χ0n) is 5.88. The first-order valence-corrected chi connectivity index (χ1v) is 3.56. The van der Waals surface area contributed by atoms with Crippen molar-refractivity contribution in [3.05, 3.63) is 0 Å². The van der Waals surface area contributed by atoms with E-state index in [1.54, 1.807) is 0 Å². The van der Waals surface area contributed by atoms with Gasteiger partial charge in [-0.05, 0) is 19.3 Å². The van der Waals surface area contributed by atoms with Crippen LogP contribution < -0.4 is 0 Å². The minimum Gasteiger partial charge on any atom is -0.462 e. The molecule has 2 aliphatic rings. The lowest BCUT2D eigenvalue weighted by molar-refractivity contribution is -0.141. The fraction of sp³-hybridized carbons (Fsp3) is 0.857. The van der Waals surface area contributed by atoms with Gasteiger partial charge in [-0.1, -0.05) is 0 Å². The minimum absolute atomic E-state index is 0. The van der Waals surface area contributed by atoms with Crippen LogP contribution in [0.15, 0.2) is 0 Å². The average Bonchev–Trinajstić information content (AvgIpc) is 2.22. The lowest BCUT2D eigenvalue weighted by atomic mass is 10.1. The van der Waals surface area contributed by atoms with E-state index >= 15 is 0 Å². The highest BCUT2D eigenvalue weighted by Gasteiger charge is 2.37. The first-order valence-electron chi connectivity index (χ1n) is 3.56. The summed E-state index contributed by atoms with van der Waals surface area (Å²) in [5, 5.41) is 0. The van der Waals surface area contributed by atoms with Gasteiger partial charge in [0.05, 0.1) is 6.42 Å². The Morgan fingerprint density at radius 1 is 1.40 bits per heavy atom. The van der Waals surface area contributed by atoms with Gasteiger partial charge in [0.1, 0.15) is 6.10 Å². The zero-order chi connectivity index (χ0) is 6.27. The molecule has 2 fully saturated rings. The number of carbonyl (C=O) groups excluding carboxylic acids is 1. The number of carbonyl (C=O) groups is 1. The second-order valence-electron chi connectivity index (χ2n) is 2.92. The van der Waals surface area contributed by atoms with Crippen LogP contribution in [0.2, 0.25) is 0 Å². The van der Waals surface area contributed by atoms with Crippen LogP contribution in [0.3, 0.4) is 0 Å². The summed E-state index contributed by atoms with van der Waals surface area (Å²) in [6.07, 6.45) is 4.55. The highest BCUT2D eigenvalue weighted by molar-refractivity contribution is 5.75. The predicted octanol–water partition coefficient (Wildman–Crippen LogP) is 0.721. The van der Waals surface area contributed by atoms with Crippen LogP contribution in [-0.2, 0) is 9.53 Å². The molecule has 2 nitrogen and oxygen atoms in total. The molecular formula is C7H10BO2. The number of fused-ring (bicyclic) bond motifs is 1. The predicted molar refractivity (Wildman–Crippen MR) is 37.6 cm³/mol. The van der Waals surface area contributed by atoms with E-state index in [1.165, 1.54) is 12.8 Å². The Bertz CT molecular complexity index is 133. The van der Waals surface area contributed by atoms with Crippen molar-refractivity contribution in [1.82, 2.24) is 0 Å². The number of esters is 1. The van der Waals surface area contributed by atoms with Gasteiger partial charge in [0.15, 0.2) is 0 Å². The molecule has 0 amide bonds. The third kappa shape index (κ3) is 1.05. The molecule has 53 valence electrons. The summed E-state index contributed by atoms with van der Waals surface area (Å²) in [4.78, 5) is 10.6. The van der Waals surface area contributed by atoms with Crippen molar-refractivity contribution in [3.8, 4) is 0 Å². The molecule has 1 aliphatic carbocycles. The molecule has 0 N–H and O–H groups in total. The topological polar surface area (TPSA) is 26.3 Å². The van der Waals surface area contributed by atoms with E-state index in [9.17, 15) is 4.79 Å². The third-order valence-corrected chi connectivity index (χ3v) is 2.30. The van der Waals surface area contributed by atoms with Crippen LogP contribution in [0.4, 0.5) is 0 Å². The SMILES string of the molecule is O=C1CC2CCCC2O1.[B]. The molecule has 3 radical (unpaired) electrons. The van der Waals surface area contributed by atoms with E-state index in [0.717, 1.165) is 6.42 Å². The maximum Gasteiger partial charge on any atom is 0.306 e. The second-order valence-corrected chi connectivity index (χ2v) is 2.92. The van der Waals surface area contributed by atoms with Crippen LogP contribution in [-0.4, -0.2) is 20.5 Å². The molecule has 0 aromatic rings. The molecule has 0 spiro atoms. The lowest BCUT2D eigenvalue weighted by Gasteiger charge is -2.03. The smallest absolute Gasteiger partial charge is 0.306 e. The van der Waals surface area contributed by atoms with Crippen LogP contribution in [0.25, 0.3) is 0 Å².